The second-order valence-electron chi connectivity index (χ2n) is 2.94. The predicted octanol–water partition coefficient (Wildman–Crippen LogP) is 0.901. The third kappa shape index (κ3) is 1.40. The lowest BCUT2D eigenvalue weighted by molar-refractivity contribution is 0.483. The number of rotatable bonds is 1. The van der Waals surface area contributed by atoms with Crippen LogP contribution in [0.2, 0.25) is 0 Å². The maximum absolute atomic E-state index is 10.9. The highest BCUT2D eigenvalue weighted by Gasteiger charge is 2.20. The van der Waals surface area contributed by atoms with Crippen LogP contribution in [0.5, 0.6) is 0 Å². The van der Waals surface area contributed by atoms with Crippen molar-refractivity contribution < 1.29 is 13.0 Å². The Kier molecular flexibility index (Phi) is 1.78. The van der Waals surface area contributed by atoms with E-state index in [1.54, 1.807) is 6.07 Å². The van der Waals surface area contributed by atoms with Crippen molar-refractivity contribution in [3.63, 3.8) is 0 Å². The summed E-state index contributed by atoms with van der Waals surface area (Å²) in [4.78, 5) is -0.0255. The molecule has 1 aliphatic rings. The van der Waals surface area contributed by atoms with Gasteiger partial charge in [-0.25, -0.2) is 0 Å². The highest BCUT2D eigenvalue weighted by molar-refractivity contribution is 7.86. The van der Waals surface area contributed by atoms with E-state index in [0.29, 0.717) is 5.69 Å². The van der Waals surface area contributed by atoms with Crippen molar-refractivity contribution in [2.75, 3.05) is 11.9 Å². The molecule has 2 rings (SSSR count). The molecule has 0 bridgehead atoms. The van der Waals surface area contributed by atoms with Crippen LogP contribution in [0.15, 0.2) is 23.1 Å². The number of para-hydroxylation sites is 1. The van der Waals surface area contributed by atoms with E-state index in [1.807, 2.05) is 6.07 Å². The highest BCUT2D eigenvalue weighted by atomic mass is 32.2. The molecule has 0 aromatic heterocycles. The second kappa shape index (κ2) is 2.71. The summed E-state index contributed by atoms with van der Waals surface area (Å²) in [6.45, 7) is 0.724. The summed E-state index contributed by atoms with van der Waals surface area (Å²) in [6.07, 6.45) is 0.804. The van der Waals surface area contributed by atoms with Gasteiger partial charge in [0.25, 0.3) is 10.1 Å². The molecule has 0 fully saturated rings. The average Bonchev–Trinajstić information content (AvgIpc) is 2.48. The third-order valence-electron chi connectivity index (χ3n) is 2.09. The number of hydrogen-bond acceptors (Lipinski definition) is 3. The number of hydrogen-bond donors (Lipinski definition) is 2. The summed E-state index contributed by atoms with van der Waals surface area (Å²) in [5, 5.41) is 2.94. The van der Waals surface area contributed by atoms with Crippen molar-refractivity contribution in [2.45, 2.75) is 11.3 Å². The second-order valence-corrected chi connectivity index (χ2v) is 4.33. The molecule has 0 amide bonds. The van der Waals surface area contributed by atoms with Gasteiger partial charge in [-0.15, -0.1) is 0 Å². The van der Waals surface area contributed by atoms with Gasteiger partial charge in [0.05, 0.1) is 5.69 Å². The normalized spacial score (nSPS) is 15.2. The first-order chi connectivity index (χ1) is 6.09. The molecule has 1 aromatic carbocycles. The van der Waals surface area contributed by atoms with E-state index in [2.05, 4.69) is 5.32 Å². The summed E-state index contributed by atoms with van der Waals surface area (Å²) in [7, 11) is -4.09. The van der Waals surface area contributed by atoms with E-state index in [4.69, 9.17) is 4.55 Å². The zero-order valence-corrected chi connectivity index (χ0v) is 7.63. The van der Waals surface area contributed by atoms with Gasteiger partial charge in [-0.2, -0.15) is 8.42 Å². The van der Waals surface area contributed by atoms with Crippen LogP contribution in [-0.2, 0) is 16.5 Å². The molecule has 0 radical (unpaired) electrons. The Hall–Kier alpha value is -1.07. The van der Waals surface area contributed by atoms with Gasteiger partial charge in [0.1, 0.15) is 4.90 Å². The Bertz CT molecular complexity index is 439. The van der Waals surface area contributed by atoms with Gasteiger partial charge in [0, 0.05) is 6.54 Å². The summed E-state index contributed by atoms with van der Waals surface area (Å²) in [5.74, 6) is 0. The van der Waals surface area contributed by atoms with Crippen molar-refractivity contribution in [1.29, 1.82) is 0 Å². The monoisotopic (exact) mass is 199 g/mol. The van der Waals surface area contributed by atoms with Crippen molar-refractivity contribution in [3.8, 4) is 0 Å². The van der Waals surface area contributed by atoms with E-state index >= 15 is 0 Å². The lowest BCUT2D eigenvalue weighted by Crippen LogP contribution is -2.02. The first-order valence-corrected chi connectivity index (χ1v) is 5.36. The molecule has 0 unspecified atom stereocenters. The van der Waals surface area contributed by atoms with E-state index in [0.717, 1.165) is 18.5 Å². The Morgan fingerprint density at radius 2 is 2.15 bits per heavy atom. The first kappa shape index (κ1) is 8.52. The van der Waals surface area contributed by atoms with Gasteiger partial charge >= 0.3 is 0 Å². The van der Waals surface area contributed by atoms with Crippen LogP contribution in [0, 0.1) is 0 Å². The fourth-order valence-electron chi connectivity index (χ4n) is 1.52. The van der Waals surface area contributed by atoms with Crippen molar-refractivity contribution in [3.05, 3.63) is 23.8 Å². The fraction of sp³-hybridized carbons (Fsp3) is 0.250. The van der Waals surface area contributed by atoms with Gasteiger partial charge in [0.2, 0.25) is 0 Å². The maximum Gasteiger partial charge on any atom is 0.296 e. The van der Waals surface area contributed by atoms with Crippen molar-refractivity contribution in [2.24, 2.45) is 0 Å². The predicted molar refractivity (Wildman–Crippen MR) is 48.5 cm³/mol. The number of nitrogens with one attached hydrogen (secondary N) is 1. The molecule has 0 spiro atoms. The number of fused-ring (bicyclic) bond motifs is 1. The number of anilines is 1. The molecule has 4 nitrogen and oxygen atoms in total. The van der Waals surface area contributed by atoms with Crippen LogP contribution in [0.4, 0.5) is 5.69 Å². The molecule has 13 heavy (non-hydrogen) atoms. The van der Waals surface area contributed by atoms with E-state index < -0.39 is 10.1 Å². The zero-order valence-electron chi connectivity index (χ0n) is 6.82. The quantitative estimate of drug-likeness (QED) is 0.659. The summed E-state index contributed by atoms with van der Waals surface area (Å²) < 4.78 is 30.7. The van der Waals surface area contributed by atoms with E-state index in [1.165, 1.54) is 6.07 Å². The SMILES string of the molecule is O=S(=O)(O)c1cccc2c1NCC2. The van der Waals surface area contributed by atoms with Gasteiger partial charge in [0.15, 0.2) is 0 Å². The Labute approximate surface area is 76.3 Å². The summed E-state index contributed by atoms with van der Waals surface area (Å²) >= 11 is 0. The minimum Gasteiger partial charge on any atom is -0.383 e. The molecule has 5 heteroatoms. The minimum atomic E-state index is -4.09. The van der Waals surface area contributed by atoms with Gasteiger partial charge in [-0.3, -0.25) is 4.55 Å². The summed E-state index contributed by atoms with van der Waals surface area (Å²) in [5.41, 5.74) is 1.49. The smallest absolute Gasteiger partial charge is 0.296 e. The van der Waals surface area contributed by atoms with Crippen LogP contribution in [0.3, 0.4) is 0 Å². The lowest BCUT2D eigenvalue weighted by atomic mass is 10.2. The van der Waals surface area contributed by atoms with Crippen LogP contribution in [0.1, 0.15) is 5.56 Å². The largest absolute Gasteiger partial charge is 0.383 e. The van der Waals surface area contributed by atoms with Crippen molar-refractivity contribution >= 4 is 15.8 Å². The molecule has 1 aromatic rings. The van der Waals surface area contributed by atoms with E-state index in [9.17, 15) is 8.42 Å². The number of benzene rings is 1. The maximum atomic E-state index is 10.9. The standard InChI is InChI=1S/C8H9NO3S/c10-13(11,12)7-3-1-2-6-4-5-9-8(6)7/h1-3,9H,4-5H2,(H,10,11,12). The third-order valence-corrected chi connectivity index (χ3v) is 2.98. The molecule has 0 saturated heterocycles. The average molecular weight is 199 g/mol. The van der Waals surface area contributed by atoms with E-state index in [-0.39, 0.29) is 4.90 Å². The Balaban J connectivity index is 2.67. The van der Waals surface area contributed by atoms with Crippen LogP contribution in [0.25, 0.3) is 0 Å². The van der Waals surface area contributed by atoms with Crippen LogP contribution >= 0.6 is 0 Å². The van der Waals surface area contributed by atoms with Gasteiger partial charge < -0.3 is 5.32 Å². The van der Waals surface area contributed by atoms with Gasteiger partial charge in [-0.1, -0.05) is 12.1 Å². The molecule has 1 aliphatic heterocycles. The summed E-state index contributed by atoms with van der Waals surface area (Å²) in [6, 6.07) is 4.88. The molecule has 0 aliphatic carbocycles. The van der Waals surface area contributed by atoms with Crippen molar-refractivity contribution in [1.82, 2.24) is 0 Å². The van der Waals surface area contributed by atoms with Crippen LogP contribution in [-0.4, -0.2) is 19.5 Å². The topological polar surface area (TPSA) is 66.4 Å². The zero-order chi connectivity index (χ0) is 9.47. The first-order valence-electron chi connectivity index (χ1n) is 3.92. The Morgan fingerprint density at radius 1 is 1.38 bits per heavy atom. The molecule has 0 saturated carbocycles. The highest BCUT2D eigenvalue weighted by Crippen LogP contribution is 2.29. The fourth-order valence-corrected chi connectivity index (χ4v) is 2.23. The molecular formula is C8H9NO3S. The van der Waals surface area contributed by atoms with Gasteiger partial charge in [-0.05, 0) is 18.1 Å². The molecule has 0 atom stereocenters. The molecular weight excluding hydrogens is 190 g/mol. The Morgan fingerprint density at radius 3 is 2.85 bits per heavy atom. The molecule has 2 N–H and O–H groups in total. The molecule has 1 heterocycles. The van der Waals surface area contributed by atoms with Crippen LogP contribution < -0.4 is 5.32 Å². The minimum absolute atomic E-state index is 0.0255. The molecule has 70 valence electrons. The lowest BCUT2D eigenvalue weighted by Gasteiger charge is -2.04.